The second-order valence-electron chi connectivity index (χ2n) is 8.76. The van der Waals surface area contributed by atoms with Crippen molar-refractivity contribution in [1.82, 2.24) is 19.9 Å². The number of pyridine rings is 2. The van der Waals surface area contributed by atoms with E-state index in [2.05, 4.69) is 76.2 Å². The highest BCUT2D eigenvalue weighted by molar-refractivity contribution is 5.54. The fourth-order valence-electron chi connectivity index (χ4n) is 5.02. The molecule has 3 aliphatic rings. The molecule has 0 amide bonds. The number of nitrogens with one attached hydrogen (secondary N) is 1. The molecule has 0 saturated carbocycles. The standard InChI is InChI=1S/C23H31N6/c1-16-14-29(22-12-17(2)26-23-20(22)15-27(23)3)9-6-19(16)21-5-4-18(13-25-21)28-10-7-24-8-11-28/h4-5,12-13,15-16,19,24H,6-11,14H2,1-3H3/q+1/t16-,19?/m0/s1. The minimum Gasteiger partial charge on any atom is -0.370 e. The van der Waals surface area contributed by atoms with E-state index in [1.807, 2.05) is 0 Å². The summed E-state index contributed by atoms with van der Waals surface area (Å²) in [6.07, 6.45) is 5.43. The van der Waals surface area contributed by atoms with Gasteiger partial charge in [0.2, 0.25) is 0 Å². The van der Waals surface area contributed by atoms with E-state index in [0.717, 1.165) is 56.9 Å². The van der Waals surface area contributed by atoms with Gasteiger partial charge in [0.1, 0.15) is 11.4 Å². The zero-order valence-corrected chi connectivity index (χ0v) is 17.7. The Hall–Kier alpha value is -2.47. The summed E-state index contributed by atoms with van der Waals surface area (Å²) in [5, 5.41) is 4.71. The number of piperidine rings is 1. The zero-order chi connectivity index (χ0) is 20.0. The number of hydrogen-bond donors (Lipinski definition) is 1. The predicted octanol–water partition coefficient (Wildman–Crippen LogP) is 0.697. The lowest BCUT2D eigenvalue weighted by Crippen LogP contribution is -2.52. The van der Waals surface area contributed by atoms with Crippen molar-refractivity contribution in [3.63, 3.8) is 0 Å². The van der Waals surface area contributed by atoms with Crippen molar-refractivity contribution in [2.75, 3.05) is 56.1 Å². The van der Waals surface area contributed by atoms with Crippen LogP contribution in [0.1, 0.15) is 30.7 Å². The van der Waals surface area contributed by atoms with Gasteiger partial charge in [-0.25, -0.2) is 4.58 Å². The van der Waals surface area contributed by atoms with E-state index in [4.69, 9.17) is 4.98 Å². The molecule has 0 aromatic carbocycles. The summed E-state index contributed by atoms with van der Waals surface area (Å²) >= 11 is 0. The van der Waals surface area contributed by atoms with Gasteiger partial charge in [-0.15, -0.1) is 0 Å². The molecule has 152 valence electrons. The molecule has 2 atom stereocenters. The van der Waals surface area contributed by atoms with E-state index < -0.39 is 0 Å². The molecule has 5 rings (SSSR count). The Morgan fingerprint density at radius 3 is 2.66 bits per heavy atom. The second-order valence-corrected chi connectivity index (χ2v) is 8.76. The predicted molar refractivity (Wildman–Crippen MR) is 118 cm³/mol. The maximum absolute atomic E-state index is 4.89. The lowest BCUT2D eigenvalue weighted by atomic mass is 9.84. The second kappa shape index (κ2) is 7.41. The highest BCUT2D eigenvalue weighted by Gasteiger charge is 2.30. The maximum Gasteiger partial charge on any atom is 0.336 e. The lowest BCUT2D eigenvalue weighted by Gasteiger charge is -2.38. The molecule has 2 saturated heterocycles. The molecule has 2 fully saturated rings. The Kier molecular flexibility index (Phi) is 4.74. The molecule has 1 N–H and O–H groups in total. The molecule has 2 aromatic heterocycles. The number of anilines is 2. The van der Waals surface area contributed by atoms with E-state index >= 15 is 0 Å². The van der Waals surface area contributed by atoms with Crippen molar-refractivity contribution >= 4 is 17.6 Å². The van der Waals surface area contributed by atoms with Crippen molar-refractivity contribution in [2.24, 2.45) is 5.92 Å². The third-order valence-electron chi connectivity index (χ3n) is 6.68. The van der Waals surface area contributed by atoms with Crippen LogP contribution in [0.5, 0.6) is 0 Å². The van der Waals surface area contributed by atoms with Gasteiger partial charge in [0, 0.05) is 63.9 Å². The normalized spacial score (nSPS) is 24.0. The number of hydrogen-bond acceptors (Lipinski definition) is 5. The molecule has 0 spiro atoms. The molecule has 5 heterocycles. The molecule has 29 heavy (non-hydrogen) atoms. The van der Waals surface area contributed by atoms with Crippen LogP contribution in [0, 0.1) is 12.8 Å². The fraction of sp³-hybridized carbons (Fsp3) is 0.522. The first-order valence-electron chi connectivity index (χ1n) is 10.9. The van der Waals surface area contributed by atoms with Gasteiger partial charge in [-0.1, -0.05) is 6.92 Å². The summed E-state index contributed by atoms with van der Waals surface area (Å²) in [5.74, 6) is 1.10. The van der Waals surface area contributed by atoms with E-state index in [0.29, 0.717) is 11.8 Å². The van der Waals surface area contributed by atoms with Crippen molar-refractivity contribution in [1.29, 1.82) is 0 Å². The number of aromatic nitrogens is 2. The highest BCUT2D eigenvalue weighted by Crippen LogP contribution is 2.33. The van der Waals surface area contributed by atoms with Crippen molar-refractivity contribution < 1.29 is 0 Å². The van der Waals surface area contributed by atoms with Crippen molar-refractivity contribution in [3.05, 3.63) is 46.5 Å². The topological polar surface area (TPSA) is 47.3 Å². The van der Waals surface area contributed by atoms with E-state index in [1.165, 1.54) is 22.3 Å². The van der Waals surface area contributed by atoms with Gasteiger partial charge in [-0.05, 0) is 29.5 Å². The van der Waals surface area contributed by atoms with Crippen LogP contribution >= 0.6 is 0 Å². The smallest absolute Gasteiger partial charge is 0.336 e. The van der Waals surface area contributed by atoms with Gasteiger partial charge in [0.25, 0.3) is 0 Å². The van der Waals surface area contributed by atoms with Crippen LogP contribution in [0.3, 0.4) is 0 Å². The Balaban J connectivity index is 1.31. The van der Waals surface area contributed by atoms with Crippen LogP contribution in [0.4, 0.5) is 11.4 Å². The molecule has 3 aliphatic heterocycles. The first-order valence-corrected chi connectivity index (χ1v) is 10.9. The number of piperazine rings is 1. The number of fused-ring (bicyclic) bond motifs is 1. The maximum atomic E-state index is 4.89. The van der Waals surface area contributed by atoms with Gasteiger partial charge in [-0.2, -0.15) is 0 Å². The van der Waals surface area contributed by atoms with E-state index in [9.17, 15) is 0 Å². The van der Waals surface area contributed by atoms with Crippen LogP contribution in [-0.4, -0.2) is 56.3 Å². The lowest BCUT2D eigenvalue weighted by molar-refractivity contribution is 0.376. The van der Waals surface area contributed by atoms with Gasteiger partial charge >= 0.3 is 5.49 Å². The van der Waals surface area contributed by atoms with E-state index in [1.54, 1.807) is 0 Å². The Bertz CT molecular complexity index is 1020. The SMILES string of the molecule is Cc1cc(N2CCC(c3ccc(N4CCNCC4)cn3)[C@@H](C)C2)c2c(n1)=[N+](C)C=2. The van der Waals surface area contributed by atoms with Gasteiger partial charge < -0.3 is 15.1 Å². The number of rotatable bonds is 3. The molecule has 0 radical (unpaired) electrons. The molecule has 2 aromatic rings. The Morgan fingerprint density at radius 2 is 1.97 bits per heavy atom. The average Bonchev–Trinajstić information content (AvgIpc) is 2.75. The molecular formula is C23H31N6+. The molecule has 0 aliphatic carbocycles. The molecule has 0 bridgehead atoms. The minimum absolute atomic E-state index is 0.531. The number of aryl methyl sites for hydroxylation is 1. The summed E-state index contributed by atoms with van der Waals surface area (Å²) < 4.78 is 2.12. The third kappa shape index (κ3) is 3.39. The summed E-state index contributed by atoms with van der Waals surface area (Å²) in [5.41, 5.74) is 6.06. The molecule has 1 unspecified atom stereocenters. The van der Waals surface area contributed by atoms with Crippen molar-refractivity contribution in [2.45, 2.75) is 26.2 Å². The summed E-state index contributed by atoms with van der Waals surface area (Å²) in [6, 6.07) is 6.78. The van der Waals surface area contributed by atoms with E-state index in [-0.39, 0.29) is 0 Å². The average molecular weight is 392 g/mol. The Labute approximate surface area is 172 Å². The summed E-state index contributed by atoms with van der Waals surface area (Å²) in [7, 11) is 2.07. The quantitative estimate of drug-likeness (QED) is 0.781. The molecular weight excluding hydrogens is 360 g/mol. The number of nitrogens with zero attached hydrogens (tertiary/aromatic N) is 5. The molecule has 6 heteroatoms. The first kappa shape index (κ1) is 18.6. The molecule has 6 nitrogen and oxygen atoms in total. The first-order chi connectivity index (χ1) is 14.1. The van der Waals surface area contributed by atoms with Gasteiger partial charge in [-0.3, -0.25) is 4.98 Å². The highest BCUT2D eigenvalue weighted by atomic mass is 15.2. The monoisotopic (exact) mass is 391 g/mol. The van der Waals surface area contributed by atoms with Crippen LogP contribution < -0.4 is 30.4 Å². The van der Waals surface area contributed by atoms with Gasteiger partial charge in [0.05, 0.1) is 24.6 Å². The van der Waals surface area contributed by atoms with Crippen LogP contribution in [0.25, 0.3) is 6.20 Å². The third-order valence-corrected chi connectivity index (χ3v) is 6.68. The van der Waals surface area contributed by atoms with Crippen LogP contribution in [0.15, 0.2) is 24.4 Å². The summed E-state index contributed by atoms with van der Waals surface area (Å²) in [6.45, 7) is 10.9. The minimum atomic E-state index is 0.531. The van der Waals surface area contributed by atoms with Crippen LogP contribution in [-0.2, 0) is 0 Å². The zero-order valence-electron chi connectivity index (χ0n) is 17.7. The summed E-state index contributed by atoms with van der Waals surface area (Å²) in [4.78, 5) is 14.5. The largest absolute Gasteiger partial charge is 0.370 e. The fourth-order valence-corrected chi connectivity index (χ4v) is 5.02. The van der Waals surface area contributed by atoms with Gasteiger partial charge in [0.15, 0.2) is 5.69 Å². The van der Waals surface area contributed by atoms with Crippen LogP contribution in [0.2, 0.25) is 0 Å². The Morgan fingerprint density at radius 1 is 1.14 bits per heavy atom. The van der Waals surface area contributed by atoms with Crippen molar-refractivity contribution in [3.8, 4) is 0 Å².